The fourth-order valence-electron chi connectivity index (χ4n) is 3.31. The van der Waals surface area contributed by atoms with Gasteiger partial charge in [0, 0.05) is 32.1 Å². The van der Waals surface area contributed by atoms with E-state index in [9.17, 15) is 9.90 Å². The highest BCUT2D eigenvalue weighted by atomic mass is 32.1. The molecule has 2 N–H and O–H groups in total. The molecule has 0 amide bonds. The van der Waals surface area contributed by atoms with Gasteiger partial charge >= 0.3 is 5.97 Å². The summed E-state index contributed by atoms with van der Waals surface area (Å²) in [5.74, 6) is -0.447. The lowest BCUT2D eigenvalue weighted by Crippen LogP contribution is -2.42. The number of hydrogen-bond acceptors (Lipinski definition) is 5. The summed E-state index contributed by atoms with van der Waals surface area (Å²) in [5, 5.41) is 13.8. The molecule has 0 aromatic carbocycles. The molecule has 0 spiro atoms. The summed E-state index contributed by atoms with van der Waals surface area (Å²) in [7, 11) is 0. The summed E-state index contributed by atoms with van der Waals surface area (Å²) < 4.78 is 0. The van der Waals surface area contributed by atoms with Gasteiger partial charge in [-0.25, -0.2) is 9.78 Å². The monoisotopic (exact) mass is 309 g/mol. The molecule has 3 rings (SSSR count). The normalized spacial score (nSPS) is 21.5. The maximum absolute atomic E-state index is 11.5. The number of nitrogens with zero attached hydrogens (tertiary/aromatic N) is 2. The van der Waals surface area contributed by atoms with Crippen LogP contribution in [0, 0.1) is 0 Å². The number of thiazole rings is 1. The SMILES string of the molecule is O=C(O)c1sc(CN2CCNCC2)nc1C1CCCCC1. The molecule has 1 aliphatic carbocycles. The van der Waals surface area contributed by atoms with Gasteiger partial charge in [0.15, 0.2) is 0 Å². The highest BCUT2D eigenvalue weighted by Gasteiger charge is 2.26. The van der Waals surface area contributed by atoms with Crippen LogP contribution in [0.25, 0.3) is 0 Å². The summed E-state index contributed by atoms with van der Waals surface area (Å²) in [4.78, 5) is 19.1. The molecule has 1 aliphatic heterocycles. The van der Waals surface area contributed by atoms with E-state index < -0.39 is 5.97 Å². The first-order chi connectivity index (χ1) is 10.2. The third-order valence-corrected chi connectivity index (χ3v) is 5.50. The van der Waals surface area contributed by atoms with Crippen LogP contribution in [0.1, 0.15) is 58.4 Å². The van der Waals surface area contributed by atoms with E-state index in [-0.39, 0.29) is 0 Å². The molecule has 2 aliphatic rings. The lowest BCUT2D eigenvalue weighted by Gasteiger charge is -2.26. The molecule has 1 saturated heterocycles. The number of carbonyl (C=O) groups is 1. The van der Waals surface area contributed by atoms with Gasteiger partial charge in [-0.05, 0) is 12.8 Å². The number of piperazine rings is 1. The fraction of sp³-hybridized carbons (Fsp3) is 0.733. The Bertz CT molecular complexity index is 491. The number of nitrogens with one attached hydrogen (secondary N) is 1. The Balaban J connectivity index is 1.76. The zero-order valence-corrected chi connectivity index (χ0v) is 13.1. The van der Waals surface area contributed by atoms with E-state index in [0.29, 0.717) is 10.8 Å². The average molecular weight is 309 g/mol. The minimum atomic E-state index is -0.806. The first-order valence-corrected chi connectivity index (χ1v) is 8.71. The van der Waals surface area contributed by atoms with Crippen molar-refractivity contribution >= 4 is 17.3 Å². The topological polar surface area (TPSA) is 65.5 Å². The van der Waals surface area contributed by atoms with E-state index in [1.807, 2.05) is 0 Å². The standard InChI is InChI=1S/C15H23N3O2S/c19-15(20)14-13(11-4-2-1-3-5-11)17-12(21-14)10-18-8-6-16-7-9-18/h11,16H,1-10H2,(H,19,20). The first kappa shape index (κ1) is 14.9. The van der Waals surface area contributed by atoms with Crippen molar-refractivity contribution in [3.8, 4) is 0 Å². The van der Waals surface area contributed by atoms with Crippen molar-refractivity contribution in [2.24, 2.45) is 0 Å². The van der Waals surface area contributed by atoms with Crippen LogP contribution in [-0.4, -0.2) is 47.1 Å². The zero-order chi connectivity index (χ0) is 14.7. The molecular formula is C15H23N3O2S. The molecule has 2 fully saturated rings. The second-order valence-corrected chi connectivity index (χ2v) is 7.07. The highest BCUT2D eigenvalue weighted by Crippen LogP contribution is 2.36. The molecule has 0 atom stereocenters. The predicted octanol–water partition coefficient (Wildman–Crippen LogP) is 2.29. The van der Waals surface area contributed by atoms with E-state index in [2.05, 4.69) is 10.2 Å². The average Bonchev–Trinajstić information content (AvgIpc) is 2.93. The summed E-state index contributed by atoms with van der Waals surface area (Å²) >= 11 is 1.38. The van der Waals surface area contributed by atoms with Crippen LogP contribution in [0.4, 0.5) is 0 Å². The predicted molar refractivity (Wildman–Crippen MR) is 83.0 cm³/mol. The Labute approximate surface area is 129 Å². The zero-order valence-electron chi connectivity index (χ0n) is 12.3. The molecule has 1 aromatic heterocycles. The molecule has 0 radical (unpaired) electrons. The minimum Gasteiger partial charge on any atom is -0.477 e. The molecular weight excluding hydrogens is 286 g/mol. The molecule has 1 aromatic rings. The van der Waals surface area contributed by atoms with Crippen molar-refractivity contribution in [3.63, 3.8) is 0 Å². The van der Waals surface area contributed by atoms with Crippen molar-refractivity contribution in [2.75, 3.05) is 26.2 Å². The Morgan fingerprint density at radius 2 is 2.00 bits per heavy atom. The van der Waals surface area contributed by atoms with E-state index in [4.69, 9.17) is 4.98 Å². The number of carboxylic acid groups (broad SMARTS) is 1. The first-order valence-electron chi connectivity index (χ1n) is 7.90. The number of aromatic nitrogens is 1. The van der Waals surface area contributed by atoms with Gasteiger partial charge in [0.25, 0.3) is 0 Å². The van der Waals surface area contributed by atoms with E-state index in [1.54, 1.807) is 0 Å². The smallest absolute Gasteiger partial charge is 0.347 e. The van der Waals surface area contributed by atoms with Crippen molar-refractivity contribution < 1.29 is 9.90 Å². The van der Waals surface area contributed by atoms with Crippen LogP contribution in [0.5, 0.6) is 0 Å². The van der Waals surface area contributed by atoms with Gasteiger partial charge in [0.2, 0.25) is 0 Å². The largest absolute Gasteiger partial charge is 0.477 e. The van der Waals surface area contributed by atoms with Crippen LogP contribution in [0.2, 0.25) is 0 Å². The van der Waals surface area contributed by atoms with Crippen LogP contribution in [-0.2, 0) is 6.54 Å². The van der Waals surface area contributed by atoms with E-state index in [1.165, 1.54) is 30.6 Å². The van der Waals surface area contributed by atoms with E-state index in [0.717, 1.165) is 56.3 Å². The van der Waals surface area contributed by atoms with Gasteiger partial charge in [-0.15, -0.1) is 11.3 Å². The number of rotatable bonds is 4. The van der Waals surface area contributed by atoms with Crippen molar-refractivity contribution in [3.05, 3.63) is 15.6 Å². The third kappa shape index (κ3) is 3.62. The van der Waals surface area contributed by atoms with Gasteiger partial charge in [-0.2, -0.15) is 0 Å². The molecule has 1 saturated carbocycles. The summed E-state index contributed by atoms with van der Waals surface area (Å²) in [6, 6.07) is 0. The third-order valence-electron chi connectivity index (χ3n) is 4.45. The number of carboxylic acids is 1. The minimum absolute atomic E-state index is 0.359. The molecule has 21 heavy (non-hydrogen) atoms. The van der Waals surface area contributed by atoms with Crippen LogP contribution >= 0.6 is 11.3 Å². The van der Waals surface area contributed by atoms with Crippen molar-refractivity contribution in [1.29, 1.82) is 0 Å². The maximum Gasteiger partial charge on any atom is 0.347 e. The van der Waals surface area contributed by atoms with Crippen molar-refractivity contribution in [1.82, 2.24) is 15.2 Å². The second-order valence-electron chi connectivity index (χ2n) is 5.99. The van der Waals surface area contributed by atoms with Gasteiger partial charge in [-0.3, -0.25) is 4.90 Å². The number of hydrogen-bond donors (Lipinski definition) is 2. The lowest BCUT2D eigenvalue weighted by atomic mass is 9.86. The molecule has 0 bridgehead atoms. The van der Waals surface area contributed by atoms with Gasteiger partial charge in [-0.1, -0.05) is 19.3 Å². The Morgan fingerprint density at radius 1 is 1.29 bits per heavy atom. The van der Waals surface area contributed by atoms with Crippen LogP contribution < -0.4 is 5.32 Å². The fourth-order valence-corrected chi connectivity index (χ4v) is 4.34. The molecule has 6 heteroatoms. The molecule has 0 unspecified atom stereocenters. The summed E-state index contributed by atoms with van der Waals surface area (Å²) in [5.41, 5.74) is 0.859. The lowest BCUT2D eigenvalue weighted by molar-refractivity contribution is 0.0700. The van der Waals surface area contributed by atoms with Gasteiger partial charge in [0.1, 0.15) is 9.88 Å². The quantitative estimate of drug-likeness (QED) is 0.893. The Morgan fingerprint density at radius 3 is 2.67 bits per heavy atom. The van der Waals surface area contributed by atoms with Gasteiger partial charge in [0.05, 0.1) is 12.2 Å². The van der Waals surface area contributed by atoms with Crippen molar-refractivity contribution in [2.45, 2.75) is 44.6 Å². The maximum atomic E-state index is 11.5. The Hall–Kier alpha value is -0.980. The van der Waals surface area contributed by atoms with Crippen LogP contribution in [0.15, 0.2) is 0 Å². The summed E-state index contributed by atoms with van der Waals surface area (Å²) in [6.07, 6.45) is 5.87. The van der Waals surface area contributed by atoms with E-state index >= 15 is 0 Å². The molecule has 116 valence electrons. The van der Waals surface area contributed by atoms with Gasteiger partial charge < -0.3 is 10.4 Å². The van der Waals surface area contributed by atoms with Crippen LogP contribution in [0.3, 0.4) is 0 Å². The highest BCUT2D eigenvalue weighted by molar-refractivity contribution is 7.13. The molecule has 2 heterocycles. The second kappa shape index (κ2) is 6.85. The molecule has 5 nitrogen and oxygen atoms in total. The Kier molecular flexibility index (Phi) is 4.87. The summed E-state index contributed by atoms with van der Waals surface area (Å²) in [6.45, 7) is 4.83. The number of aromatic carboxylic acids is 1.